The highest BCUT2D eigenvalue weighted by atomic mass is 32.2. The number of hydrogen-bond acceptors (Lipinski definition) is 7. The lowest BCUT2D eigenvalue weighted by molar-refractivity contribution is -0.180. The fraction of sp³-hybridized carbons (Fsp3) is 0.407. The number of likely N-dealkylation sites (tertiary alicyclic amines) is 1. The van der Waals surface area contributed by atoms with Crippen molar-refractivity contribution >= 4 is 28.9 Å². The van der Waals surface area contributed by atoms with Gasteiger partial charge in [0.15, 0.2) is 22.5 Å². The zero-order valence-electron chi connectivity index (χ0n) is 21.6. The molecule has 3 aliphatic heterocycles. The molecule has 0 N–H and O–H groups in total. The van der Waals surface area contributed by atoms with E-state index < -0.39 is 47.3 Å². The first-order valence-corrected chi connectivity index (χ1v) is 13.3. The number of halogens is 6. The summed E-state index contributed by atoms with van der Waals surface area (Å²) in [5, 5.41) is 0.582. The minimum Gasteiger partial charge on any atom is -0.493 e. The van der Waals surface area contributed by atoms with E-state index in [4.69, 9.17) is 18.9 Å². The van der Waals surface area contributed by atoms with E-state index in [1.807, 2.05) is 4.90 Å². The first-order chi connectivity index (χ1) is 19.4. The van der Waals surface area contributed by atoms with Crippen LogP contribution in [0.4, 0.5) is 26.3 Å². The first-order valence-electron chi connectivity index (χ1n) is 12.5. The molecule has 2 aromatic carbocycles. The lowest BCUT2D eigenvalue weighted by atomic mass is 10.0. The molecule has 14 heteroatoms. The summed E-state index contributed by atoms with van der Waals surface area (Å²) in [6, 6.07) is 5.94. The number of nitrogens with zero attached hydrogens (tertiary/aromatic N) is 2. The van der Waals surface area contributed by atoms with Crippen molar-refractivity contribution in [3.05, 3.63) is 63.6 Å². The van der Waals surface area contributed by atoms with Crippen molar-refractivity contribution in [2.75, 3.05) is 33.4 Å². The summed E-state index contributed by atoms with van der Waals surface area (Å²) in [6.45, 7) is 1.74. The van der Waals surface area contributed by atoms with Crippen LogP contribution in [0.2, 0.25) is 0 Å². The topological polar surface area (TPSA) is 69.6 Å². The molecule has 1 spiro atoms. The standard InChI is InChI=1S/C27H24F6N2O5S/c1-37-21-12-16(13-22-23(36)34-24(41-22)35-8-6-25(7-9-35)39-10-11-40-25)2-5-20(21)38-15-17-3-4-18(26(28,29)30)14-19(17)27(31,32)33/h2-5,12-14H,6-11,15H2,1H3. The van der Waals surface area contributed by atoms with E-state index in [0.717, 1.165) is 6.07 Å². The molecule has 3 aliphatic rings. The Balaban J connectivity index is 1.26. The lowest BCUT2D eigenvalue weighted by Gasteiger charge is -2.38. The van der Waals surface area contributed by atoms with Gasteiger partial charge in [-0.2, -0.15) is 31.3 Å². The molecule has 2 fully saturated rings. The van der Waals surface area contributed by atoms with Gasteiger partial charge in [-0.3, -0.25) is 4.79 Å². The zero-order valence-corrected chi connectivity index (χ0v) is 22.4. The zero-order chi connectivity index (χ0) is 29.4. The highest BCUT2D eigenvalue weighted by Crippen LogP contribution is 2.39. The molecule has 0 aliphatic carbocycles. The van der Waals surface area contributed by atoms with E-state index in [1.54, 1.807) is 12.1 Å². The normalized spacial score (nSPS) is 20.2. The predicted octanol–water partition coefficient (Wildman–Crippen LogP) is 6.12. The Morgan fingerprint density at radius 3 is 2.34 bits per heavy atom. The van der Waals surface area contributed by atoms with Gasteiger partial charge in [-0.25, -0.2) is 0 Å². The number of methoxy groups -OCH3 is 1. The van der Waals surface area contributed by atoms with Crippen LogP contribution in [0, 0.1) is 0 Å². The highest BCUT2D eigenvalue weighted by Gasteiger charge is 2.42. The average Bonchev–Trinajstić information content (AvgIpc) is 3.53. The number of piperidine rings is 1. The molecule has 220 valence electrons. The number of rotatable bonds is 5. The van der Waals surface area contributed by atoms with Gasteiger partial charge in [0.05, 0.1) is 36.4 Å². The molecule has 0 radical (unpaired) electrons. The summed E-state index contributed by atoms with van der Waals surface area (Å²) in [5.41, 5.74) is -2.76. The first kappa shape index (κ1) is 29.3. The van der Waals surface area contributed by atoms with Gasteiger partial charge in [0.1, 0.15) is 6.61 Å². The number of amides is 1. The van der Waals surface area contributed by atoms with E-state index in [1.165, 1.54) is 31.0 Å². The van der Waals surface area contributed by atoms with Gasteiger partial charge >= 0.3 is 12.4 Å². The van der Waals surface area contributed by atoms with Gasteiger partial charge in [-0.15, -0.1) is 0 Å². The van der Waals surface area contributed by atoms with E-state index in [9.17, 15) is 31.1 Å². The van der Waals surface area contributed by atoms with Crippen LogP contribution in [0.5, 0.6) is 11.5 Å². The van der Waals surface area contributed by atoms with Gasteiger partial charge in [-0.05, 0) is 47.7 Å². The van der Waals surface area contributed by atoms with Crippen molar-refractivity contribution in [2.45, 2.75) is 37.6 Å². The number of hydrogen-bond donors (Lipinski definition) is 0. The van der Waals surface area contributed by atoms with Gasteiger partial charge < -0.3 is 23.8 Å². The summed E-state index contributed by atoms with van der Waals surface area (Å²) < 4.78 is 102. The van der Waals surface area contributed by atoms with Gasteiger partial charge in [0.25, 0.3) is 5.91 Å². The molecular weight excluding hydrogens is 578 g/mol. The number of carbonyl (C=O) groups is 1. The largest absolute Gasteiger partial charge is 0.493 e. The monoisotopic (exact) mass is 602 g/mol. The number of thioether (sulfide) groups is 1. The summed E-state index contributed by atoms with van der Waals surface area (Å²) in [6.07, 6.45) is -7.00. The minimum atomic E-state index is -5.01. The summed E-state index contributed by atoms with van der Waals surface area (Å²) in [7, 11) is 1.33. The molecule has 0 atom stereocenters. The third-order valence-corrected chi connectivity index (χ3v) is 7.87. The predicted molar refractivity (Wildman–Crippen MR) is 137 cm³/mol. The number of amidine groups is 1. The van der Waals surface area contributed by atoms with Gasteiger partial charge in [-0.1, -0.05) is 12.1 Å². The number of carbonyl (C=O) groups excluding carboxylic acids is 1. The molecule has 0 aromatic heterocycles. The smallest absolute Gasteiger partial charge is 0.416 e. The summed E-state index contributed by atoms with van der Waals surface area (Å²) in [4.78, 5) is 19.2. The summed E-state index contributed by atoms with van der Waals surface area (Å²) in [5.74, 6) is -0.720. The Labute approximate surface area is 235 Å². The fourth-order valence-electron chi connectivity index (χ4n) is 4.70. The van der Waals surface area contributed by atoms with Crippen LogP contribution in [0.15, 0.2) is 46.3 Å². The van der Waals surface area contributed by atoms with E-state index in [0.29, 0.717) is 60.8 Å². The van der Waals surface area contributed by atoms with Crippen molar-refractivity contribution in [1.82, 2.24) is 4.90 Å². The lowest BCUT2D eigenvalue weighted by Crippen LogP contribution is -2.46. The number of ether oxygens (including phenoxy) is 4. The maximum atomic E-state index is 13.5. The second-order valence-corrected chi connectivity index (χ2v) is 10.5. The Bertz CT molecular complexity index is 1380. The number of benzene rings is 2. The van der Waals surface area contributed by atoms with Crippen LogP contribution in [-0.2, 0) is 33.2 Å². The van der Waals surface area contributed by atoms with Crippen LogP contribution in [0.3, 0.4) is 0 Å². The third kappa shape index (κ3) is 6.49. The molecule has 0 bridgehead atoms. The molecule has 7 nitrogen and oxygen atoms in total. The van der Waals surface area contributed by atoms with E-state index in [-0.39, 0.29) is 17.6 Å². The Hall–Kier alpha value is -3.23. The minimum absolute atomic E-state index is 0.0655. The van der Waals surface area contributed by atoms with E-state index in [2.05, 4.69) is 4.99 Å². The second-order valence-electron chi connectivity index (χ2n) is 9.47. The average molecular weight is 603 g/mol. The number of aliphatic imine (C=N–C) groups is 1. The molecule has 41 heavy (non-hydrogen) atoms. The maximum absolute atomic E-state index is 13.5. The molecule has 2 saturated heterocycles. The molecule has 3 heterocycles. The van der Waals surface area contributed by atoms with Crippen LogP contribution < -0.4 is 9.47 Å². The Morgan fingerprint density at radius 2 is 1.71 bits per heavy atom. The third-order valence-electron chi connectivity index (χ3n) is 6.83. The summed E-state index contributed by atoms with van der Waals surface area (Å²) >= 11 is 1.23. The van der Waals surface area contributed by atoms with Crippen molar-refractivity contribution in [3.63, 3.8) is 0 Å². The second kappa shape index (κ2) is 11.2. The number of alkyl halides is 6. The molecule has 0 saturated carbocycles. The van der Waals surface area contributed by atoms with Crippen LogP contribution in [0.25, 0.3) is 6.08 Å². The Morgan fingerprint density at radius 1 is 1.00 bits per heavy atom. The van der Waals surface area contributed by atoms with Crippen LogP contribution in [0.1, 0.15) is 35.1 Å². The van der Waals surface area contributed by atoms with E-state index >= 15 is 0 Å². The van der Waals surface area contributed by atoms with Gasteiger partial charge in [0, 0.05) is 31.5 Å². The molecule has 2 aromatic rings. The Kier molecular flexibility index (Phi) is 8.01. The molecular formula is C27H24F6N2O5S. The fourth-order valence-corrected chi connectivity index (χ4v) is 5.67. The highest BCUT2D eigenvalue weighted by molar-refractivity contribution is 8.18. The quantitative estimate of drug-likeness (QED) is 0.302. The van der Waals surface area contributed by atoms with Crippen LogP contribution >= 0.6 is 11.8 Å². The molecule has 0 unspecified atom stereocenters. The SMILES string of the molecule is COc1cc(C=C2SC(N3CCC4(CC3)OCCO4)=NC2=O)ccc1OCc1ccc(C(F)(F)F)cc1C(F)(F)F. The molecule has 5 rings (SSSR count). The van der Waals surface area contributed by atoms with Crippen molar-refractivity contribution in [1.29, 1.82) is 0 Å². The van der Waals surface area contributed by atoms with Gasteiger partial charge in [0.2, 0.25) is 0 Å². The maximum Gasteiger partial charge on any atom is 0.416 e. The van der Waals surface area contributed by atoms with Crippen molar-refractivity contribution in [2.24, 2.45) is 4.99 Å². The molecule has 1 amide bonds. The van der Waals surface area contributed by atoms with Crippen molar-refractivity contribution in [3.8, 4) is 11.5 Å². The van der Waals surface area contributed by atoms with Crippen molar-refractivity contribution < 1.29 is 50.1 Å². The van der Waals surface area contributed by atoms with Crippen LogP contribution in [-0.4, -0.2) is 55.2 Å².